The van der Waals surface area contributed by atoms with Gasteiger partial charge in [0.15, 0.2) is 0 Å². The number of guanidine groups is 1. The summed E-state index contributed by atoms with van der Waals surface area (Å²) in [5.41, 5.74) is 1.53. The Kier molecular flexibility index (Phi) is 13.2. The van der Waals surface area contributed by atoms with Gasteiger partial charge < -0.3 is 19.5 Å². The minimum Gasteiger partial charge on any atom is -0.447 e. The van der Waals surface area contributed by atoms with Gasteiger partial charge in [0.25, 0.3) is 0 Å². The summed E-state index contributed by atoms with van der Waals surface area (Å²) in [4.78, 5) is 40.9. The zero-order chi connectivity index (χ0) is 32.0. The normalized spacial score (nSPS) is 15.3. The number of hydrogen-bond acceptors (Lipinski definition) is 9. The summed E-state index contributed by atoms with van der Waals surface area (Å²) in [6, 6.07) is 17.7. The monoisotopic (exact) mass is 647 g/mol. The fraction of sp³-hybridized carbons (Fsp3) is 0.448. The van der Waals surface area contributed by atoms with Crippen LogP contribution < -0.4 is 20.7 Å². The summed E-state index contributed by atoms with van der Waals surface area (Å²) >= 11 is 0. The number of carbonyl (C=O) groups excluding carboxylic acids is 3. The van der Waals surface area contributed by atoms with Crippen LogP contribution in [0.5, 0.6) is 0 Å². The Balaban J connectivity index is 1.66. The van der Waals surface area contributed by atoms with Crippen LogP contribution in [0.25, 0.3) is 0 Å². The Morgan fingerprint density at radius 3 is 2.00 bits per heavy atom. The highest BCUT2D eigenvalue weighted by Crippen LogP contribution is 2.13. The van der Waals surface area contributed by atoms with E-state index in [-0.39, 0.29) is 57.0 Å². The van der Waals surface area contributed by atoms with Crippen LogP contribution >= 0.6 is 0 Å². The molecule has 0 saturated carbocycles. The first-order valence-electron chi connectivity index (χ1n) is 14.3. The average Bonchev–Trinajstić information content (AvgIpc) is 3.38. The van der Waals surface area contributed by atoms with Gasteiger partial charge in [-0.05, 0) is 30.0 Å². The van der Waals surface area contributed by atoms with Crippen LogP contribution in [0.3, 0.4) is 0 Å². The number of amides is 3. The van der Waals surface area contributed by atoms with E-state index in [2.05, 4.69) is 45.3 Å². The molecule has 44 heavy (non-hydrogen) atoms. The first-order valence-corrected chi connectivity index (χ1v) is 19.7. The number of alkyl carbamates (subject to hydrolysis) is 3. The molecule has 0 spiro atoms. The van der Waals surface area contributed by atoms with Gasteiger partial charge in [0.2, 0.25) is 16.0 Å². The fourth-order valence-electron chi connectivity index (χ4n) is 4.03. The molecule has 2 aromatic carbocycles. The van der Waals surface area contributed by atoms with Gasteiger partial charge in [0.1, 0.15) is 19.8 Å². The highest BCUT2D eigenvalue weighted by atomic mass is 32.2. The van der Waals surface area contributed by atoms with E-state index in [1.165, 1.54) is 0 Å². The van der Waals surface area contributed by atoms with Gasteiger partial charge in [-0.3, -0.25) is 15.6 Å². The van der Waals surface area contributed by atoms with Crippen molar-refractivity contribution < 1.29 is 37.0 Å². The lowest BCUT2D eigenvalue weighted by molar-refractivity contribution is 0.141. The lowest BCUT2D eigenvalue weighted by Crippen LogP contribution is -2.45. The minimum absolute atomic E-state index is 0.00510. The van der Waals surface area contributed by atoms with Crippen LogP contribution in [0.4, 0.5) is 14.4 Å². The van der Waals surface area contributed by atoms with Crippen molar-refractivity contribution in [3.63, 3.8) is 0 Å². The van der Waals surface area contributed by atoms with Crippen molar-refractivity contribution in [1.82, 2.24) is 20.7 Å². The van der Waals surface area contributed by atoms with Gasteiger partial charge in [-0.2, -0.15) is 0 Å². The van der Waals surface area contributed by atoms with E-state index in [1.54, 1.807) is 24.3 Å². The van der Waals surface area contributed by atoms with Crippen LogP contribution in [0, 0.1) is 0 Å². The number of cyclic esters (lactones) is 1. The van der Waals surface area contributed by atoms with Gasteiger partial charge in [-0.15, -0.1) is 0 Å². The first-order chi connectivity index (χ1) is 20.9. The summed E-state index contributed by atoms with van der Waals surface area (Å²) in [7, 11) is -5.24. The van der Waals surface area contributed by atoms with E-state index in [1.807, 2.05) is 36.4 Å². The smallest absolute Gasteiger partial charge is 0.414 e. The second kappa shape index (κ2) is 16.8. The molecule has 3 amide bonds. The summed E-state index contributed by atoms with van der Waals surface area (Å²) in [5.74, 6) is -0.232. The molecular weight excluding hydrogens is 606 g/mol. The van der Waals surface area contributed by atoms with E-state index in [9.17, 15) is 22.8 Å². The number of nitrogens with one attached hydrogen (secondary N) is 4. The summed E-state index contributed by atoms with van der Waals surface area (Å²) in [5, 5.41) is 7.50. The Hall–Kier alpha value is -3.95. The van der Waals surface area contributed by atoms with Crippen molar-refractivity contribution in [3.8, 4) is 0 Å². The second-order valence-corrected chi connectivity index (χ2v) is 19.0. The van der Waals surface area contributed by atoms with Crippen LogP contribution in [0.2, 0.25) is 25.7 Å². The molecule has 15 heteroatoms. The van der Waals surface area contributed by atoms with Crippen molar-refractivity contribution in [1.29, 1.82) is 0 Å². The third-order valence-electron chi connectivity index (χ3n) is 6.39. The number of nitrogens with zero attached hydrogens (tertiary/aromatic N) is 1. The van der Waals surface area contributed by atoms with Crippen molar-refractivity contribution in [2.45, 2.75) is 63.8 Å². The molecule has 1 aliphatic heterocycles. The molecule has 1 saturated heterocycles. The van der Waals surface area contributed by atoms with Crippen molar-refractivity contribution >= 4 is 42.3 Å². The third-order valence-corrected chi connectivity index (χ3v) is 9.93. The fourth-order valence-corrected chi connectivity index (χ4v) is 8.39. The maximum Gasteiger partial charge on any atom is 0.414 e. The standard InChI is InChI=1S/C29H41N5O8SSi/c1-44(2,3)17-16-43(38,39)34-24(18-25-21-42-27(35)31-25)14-15-30-26(32-28(36)40-19-22-10-6-4-7-11-22)33-29(37)41-20-23-12-8-5-9-13-23/h4-13,24-25,34H,14-21H2,1-3H3,(H,31,35)(H2,30,32,33,36,37)/t24?,25-/m0/s1. The zero-order valence-electron chi connectivity index (χ0n) is 25.2. The summed E-state index contributed by atoms with van der Waals surface area (Å²) < 4.78 is 44.0. The van der Waals surface area contributed by atoms with Crippen LogP contribution in [0.1, 0.15) is 24.0 Å². The van der Waals surface area contributed by atoms with Crippen LogP contribution in [0.15, 0.2) is 65.7 Å². The second-order valence-electron chi connectivity index (χ2n) is 11.5. The molecule has 0 aromatic heterocycles. The lowest BCUT2D eigenvalue weighted by Gasteiger charge is -2.22. The van der Waals surface area contributed by atoms with E-state index < -0.39 is 42.4 Å². The van der Waals surface area contributed by atoms with E-state index in [0.29, 0.717) is 6.04 Å². The van der Waals surface area contributed by atoms with E-state index >= 15 is 0 Å². The Morgan fingerprint density at radius 1 is 0.977 bits per heavy atom. The number of hydrogen-bond donors (Lipinski definition) is 4. The zero-order valence-corrected chi connectivity index (χ0v) is 27.0. The van der Waals surface area contributed by atoms with Gasteiger partial charge in [0, 0.05) is 20.7 Å². The third kappa shape index (κ3) is 14.0. The van der Waals surface area contributed by atoms with Gasteiger partial charge in [0.05, 0.1) is 11.8 Å². The average molecular weight is 648 g/mol. The molecule has 0 bridgehead atoms. The predicted octanol–water partition coefficient (Wildman–Crippen LogP) is 3.71. The summed E-state index contributed by atoms with van der Waals surface area (Å²) in [6.07, 6.45) is -1.81. The molecule has 240 valence electrons. The number of benzene rings is 2. The number of ether oxygens (including phenoxy) is 3. The molecular formula is C29H41N5O8SSi. The van der Waals surface area contributed by atoms with Crippen molar-refractivity contribution in [3.05, 3.63) is 71.8 Å². The van der Waals surface area contributed by atoms with Crippen LogP contribution in [-0.4, -0.2) is 71.7 Å². The molecule has 13 nitrogen and oxygen atoms in total. The molecule has 2 aromatic rings. The number of sulfonamides is 1. The maximum absolute atomic E-state index is 12.9. The topological polar surface area (TPSA) is 174 Å². The molecule has 1 heterocycles. The SMILES string of the molecule is C[Si](C)(C)CCS(=O)(=O)NC(CCN=C(NC(=O)OCc1ccccc1)NC(=O)OCc1ccccc1)C[C@H]1COC(=O)N1. The lowest BCUT2D eigenvalue weighted by atomic mass is 10.1. The highest BCUT2D eigenvalue weighted by Gasteiger charge is 2.28. The largest absolute Gasteiger partial charge is 0.447 e. The maximum atomic E-state index is 12.9. The number of carbonyl (C=O) groups is 3. The Labute approximate surface area is 259 Å². The van der Waals surface area contributed by atoms with E-state index in [4.69, 9.17) is 14.2 Å². The molecule has 2 atom stereocenters. The van der Waals surface area contributed by atoms with Gasteiger partial charge >= 0.3 is 18.3 Å². The number of rotatable bonds is 14. The molecule has 4 N–H and O–H groups in total. The molecule has 1 unspecified atom stereocenters. The molecule has 1 aliphatic rings. The Bertz CT molecular complexity index is 1310. The Morgan fingerprint density at radius 2 is 1.52 bits per heavy atom. The minimum atomic E-state index is -3.62. The summed E-state index contributed by atoms with van der Waals surface area (Å²) in [6.45, 7) is 6.40. The molecule has 0 radical (unpaired) electrons. The quantitative estimate of drug-likeness (QED) is 0.104. The molecule has 0 aliphatic carbocycles. The highest BCUT2D eigenvalue weighted by molar-refractivity contribution is 7.89. The molecule has 3 rings (SSSR count). The van der Waals surface area contributed by atoms with Crippen molar-refractivity contribution in [2.24, 2.45) is 4.99 Å². The molecule has 1 fully saturated rings. The van der Waals surface area contributed by atoms with E-state index in [0.717, 1.165) is 11.1 Å². The van der Waals surface area contributed by atoms with Gasteiger partial charge in [-0.25, -0.2) is 27.5 Å². The van der Waals surface area contributed by atoms with Gasteiger partial charge in [-0.1, -0.05) is 80.3 Å². The predicted molar refractivity (Wildman–Crippen MR) is 168 cm³/mol. The first kappa shape index (κ1) is 34.5. The van der Waals surface area contributed by atoms with Crippen LogP contribution in [-0.2, 0) is 37.4 Å². The van der Waals surface area contributed by atoms with Crippen molar-refractivity contribution in [2.75, 3.05) is 18.9 Å². The number of aliphatic imine (C=N–C) groups is 1.